The Kier molecular flexibility index (Phi) is 3.68. The molecule has 4 nitrogen and oxygen atoms in total. The fraction of sp³-hybridized carbons (Fsp3) is 0.200. The van der Waals surface area contributed by atoms with Gasteiger partial charge in [0.15, 0.2) is 0 Å². The average molecular weight is 227 g/mol. The Morgan fingerprint density at radius 2 is 2.13 bits per heavy atom. The minimum Gasteiger partial charge on any atom is -0.366 e. The summed E-state index contributed by atoms with van der Waals surface area (Å²) in [6.45, 7) is 1.81. The van der Waals surface area contributed by atoms with Crippen LogP contribution in [0.1, 0.15) is 15.9 Å². The number of aryl methyl sites for hydroxylation is 1. The zero-order valence-corrected chi connectivity index (χ0v) is 8.97. The van der Waals surface area contributed by atoms with E-state index in [0.29, 0.717) is 11.3 Å². The van der Waals surface area contributed by atoms with E-state index in [1.165, 1.54) is 6.07 Å². The van der Waals surface area contributed by atoms with Crippen molar-refractivity contribution in [1.29, 1.82) is 0 Å². The number of primary amides is 1. The molecule has 0 aliphatic rings. The third kappa shape index (κ3) is 2.95. The van der Waals surface area contributed by atoms with E-state index in [0.717, 1.165) is 5.56 Å². The maximum atomic E-state index is 11.1. The normalized spacial score (nSPS) is 9.73. The van der Waals surface area contributed by atoms with Gasteiger partial charge in [-0.05, 0) is 24.6 Å². The molecule has 0 saturated heterocycles. The van der Waals surface area contributed by atoms with Crippen LogP contribution < -0.4 is 11.1 Å². The molecule has 0 unspecified atom stereocenters. The maximum absolute atomic E-state index is 11.1. The molecule has 0 aliphatic carbocycles. The maximum Gasteiger partial charge on any atom is 0.248 e. The standard InChI is InChI=1S/C10H11ClN2O2/c1-6-2-3-7(10(12)15)4-8(6)13-9(14)5-11/h2-4H,5H2,1H3,(H2,12,15)(H,13,14). The van der Waals surface area contributed by atoms with E-state index in [4.69, 9.17) is 17.3 Å². The van der Waals surface area contributed by atoms with E-state index in [-0.39, 0.29) is 11.8 Å². The molecule has 0 atom stereocenters. The number of hydrogen-bond donors (Lipinski definition) is 2. The molecular weight excluding hydrogens is 216 g/mol. The highest BCUT2D eigenvalue weighted by Gasteiger charge is 2.06. The average Bonchev–Trinajstić information content (AvgIpc) is 2.20. The first-order valence-electron chi connectivity index (χ1n) is 4.31. The van der Waals surface area contributed by atoms with Gasteiger partial charge in [0.25, 0.3) is 0 Å². The molecule has 3 N–H and O–H groups in total. The summed E-state index contributed by atoms with van der Waals surface area (Å²) in [6, 6.07) is 4.85. The first kappa shape index (κ1) is 11.5. The van der Waals surface area contributed by atoms with Crippen LogP contribution in [-0.4, -0.2) is 17.7 Å². The van der Waals surface area contributed by atoms with Crippen LogP contribution in [0.4, 0.5) is 5.69 Å². The molecule has 0 bridgehead atoms. The van der Waals surface area contributed by atoms with Crippen molar-refractivity contribution in [2.45, 2.75) is 6.92 Å². The molecule has 0 spiro atoms. The molecule has 1 rings (SSSR count). The number of anilines is 1. The second-order valence-electron chi connectivity index (χ2n) is 3.08. The summed E-state index contributed by atoms with van der Waals surface area (Å²) in [5, 5.41) is 2.58. The van der Waals surface area contributed by atoms with Gasteiger partial charge in [0, 0.05) is 11.3 Å². The van der Waals surface area contributed by atoms with Gasteiger partial charge in [-0.25, -0.2) is 0 Å². The highest BCUT2D eigenvalue weighted by atomic mass is 35.5. The molecule has 1 aromatic carbocycles. The topological polar surface area (TPSA) is 72.2 Å². The van der Waals surface area contributed by atoms with Crippen molar-refractivity contribution in [3.63, 3.8) is 0 Å². The quantitative estimate of drug-likeness (QED) is 0.762. The Labute approximate surface area is 92.4 Å². The zero-order chi connectivity index (χ0) is 11.4. The van der Waals surface area contributed by atoms with Gasteiger partial charge in [-0.2, -0.15) is 0 Å². The molecule has 0 saturated carbocycles. The number of alkyl halides is 1. The summed E-state index contributed by atoms with van der Waals surface area (Å²) in [6.07, 6.45) is 0. The lowest BCUT2D eigenvalue weighted by molar-refractivity contribution is -0.113. The van der Waals surface area contributed by atoms with E-state index >= 15 is 0 Å². The van der Waals surface area contributed by atoms with Gasteiger partial charge in [0.05, 0.1) is 0 Å². The summed E-state index contributed by atoms with van der Waals surface area (Å²) in [4.78, 5) is 22.0. The number of halogens is 1. The van der Waals surface area contributed by atoms with Crippen molar-refractivity contribution in [1.82, 2.24) is 0 Å². The van der Waals surface area contributed by atoms with Crippen molar-refractivity contribution in [2.75, 3.05) is 11.2 Å². The molecule has 2 amide bonds. The monoisotopic (exact) mass is 226 g/mol. The van der Waals surface area contributed by atoms with Crippen LogP contribution in [0.15, 0.2) is 18.2 Å². The molecule has 0 radical (unpaired) electrons. The van der Waals surface area contributed by atoms with Crippen molar-refractivity contribution in [3.8, 4) is 0 Å². The fourth-order valence-electron chi connectivity index (χ4n) is 1.09. The summed E-state index contributed by atoms with van der Waals surface area (Å²) in [5.41, 5.74) is 6.87. The highest BCUT2D eigenvalue weighted by Crippen LogP contribution is 2.16. The zero-order valence-electron chi connectivity index (χ0n) is 8.21. The minimum atomic E-state index is -0.531. The smallest absolute Gasteiger partial charge is 0.248 e. The lowest BCUT2D eigenvalue weighted by Gasteiger charge is -2.07. The van der Waals surface area contributed by atoms with Gasteiger partial charge in [0.1, 0.15) is 5.88 Å². The van der Waals surface area contributed by atoms with Crippen LogP contribution in [0.5, 0.6) is 0 Å². The number of amides is 2. The Balaban J connectivity index is 3.00. The van der Waals surface area contributed by atoms with E-state index < -0.39 is 5.91 Å². The number of hydrogen-bond acceptors (Lipinski definition) is 2. The van der Waals surface area contributed by atoms with Crippen LogP contribution in [0.3, 0.4) is 0 Å². The van der Waals surface area contributed by atoms with E-state index in [1.54, 1.807) is 12.1 Å². The molecular formula is C10H11ClN2O2. The number of nitrogens with two attached hydrogens (primary N) is 1. The Hall–Kier alpha value is -1.55. The second kappa shape index (κ2) is 4.79. The molecule has 15 heavy (non-hydrogen) atoms. The van der Waals surface area contributed by atoms with Crippen molar-refractivity contribution in [3.05, 3.63) is 29.3 Å². The summed E-state index contributed by atoms with van der Waals surface area (Å²) in [5.74, 6) is -0.974. The predicted octanol–water partition coefficient (Wildman–Crippen LogP) is 1.27. The third-order valence-electron chi connectivity index (χ3n) is 1.92. The lowest BCUT2D eigenvalue weighted by atomic mass is 10.1. The highest BCUT2D eigenvalue weighted by molar-refractivity contribution is 6.29. The van der Waals surface area contributed by atoms with Gasteiger partial charge >= 0.3 is 0 Å². The van der Waals surface area contributed by atoms with Gasteiger partial charge in [-0.1, -0.05) is 6.07 Å². The minimum absolute atomic E-state index is 0.125. The van der Waals surface area contributed by atoms with Gasteiger partial charge in [0.2, 0.25) is 11.8 Å². The van der Waals surface area contributed by atoms with Crippen molar-refractivity contribution >= 4 is 29.1 Å². The lowest BCUT2D eigenvalue weighted by Crippen LogP contribution is -2.15. The Morgan fingerprint density at radius 3 is 2.67 bits per heavy atom. The molecule has 1 aromatic rings. The summed E-state index contributed by atoms with van der Waals surface area (Å²) < 4.78 is 0. The Bertz CT molecular complexity index is 404. The first-order valence-corrected chi connectivity index (χ1v) is 4.84. The predicted molar refractivity (Wildman–Crippen MR) is 59.0 cm³/mol. The van der Waals surface area contributed by atoms with Crippen molar-refractivity contribution < 1.29 is 9.59 Å². The molecule has 0 heterocycles. The van der Waals surface area contributed by atoms with Crippen LogP contribution >= 0.6 is 11.6 Å². The molecule has 80 valence electrons. The Morgan fingerprint density at radius 1 is 1.47 bits per heavy atom. The number of nitrogens with one attached hydrogen (secondary N) is 1. The fourth-order valence-corrected chi connectivity index (χ4v) is 1.16. The van der Waals surface area contributed by atoms with Crippen LogP contribution in [0.25, 0.3) is 0 Å². The largest absolute Gasteiger partial charge is 0.366 e. The third-order valence-corrected chi connectivity index (χ3v) is 2.16. The van der Waals surface area contributed by atoms with Gasteiger partial charge < -0.3 is 11.1 Å². The van der Waals surface area contributed by atoms with Crippen LogP contribution in [0.2, 0.25) is 0 Å². The number of benzene rings is 1. The molecule has 0 fully saturated rings. The molecule has 5 heteroatoms. The SMILES string of the molecule is Cc1ccc(C(N)=O)cc1NC(=O)CCl. The summed E-state index contributed by atoms with van der Waals surface area (Å²) in [7, 11) is 0. The van der Waals surface area contributed by atoms with Crippen molar-refractivity contribution in [2.24, 2.45) is 5.73 Å². The van der Waals surface area contributed by atoms with E-state index in [1.807, 2.05) is 6.92 Å². The molecule has 0 aromatic heterocycles. The second-order valence-corrected chi connectivity index (χ2v) is 3.34. The molecule has 0 aliphatic heterocycles. The number of carbonyl (C=O) groups excluding carboxylic acids is 2. The first-order chi connectivity index (χ1) is 7.04. The number of rotatable bonds is 3. The van der Waals surface area contributed by atoms with Crippen LogP contribution in [-0.2, 0) is 4.79 Å². The van der Waals surface area contributed by atoms with E-state index in [9.17, 15) is 9.59 Å². The summed E-state index contributed by atoms with van der Waals surface area (Å²) >= 11 is 5.35. The van der Waals surface area contributed by atoms with Gasteiger partial charge in [-0.3, -0.25) is 9.59 Å². The van der Waals surface area contributed by atoms with Crippen LogP contribution in [0, 0.1) is 6.92 Å². The number of carbonyl (C=O) groups is 2. The van der Waals surface area contributed by atoms with Gasteiger partial charge in [-0.15, -0.1) is 11.6 Å². The van der Waals surface area contributed by atoms with E-state index in [2.05, 4.69) is 5.32 Å².